The highest BCUT2D eigenvalue weighted by Gasteiger charge is 2.55. The van der Waals surface area contributed by atoms with E-state index in [-0.39, 0.29) is 30.1 Å². The molecule has 0 bridgehead atoms. The molecule has 2 aliphatic rings. The molecule has 2 fully saturated rings. The van der Waals surface area contributed by atoms with Gasteiger partial charge in [0.05, 0.1) is 5.92 Å². The van der Waals surface area contributed by atoms with Crippen LogP contribution in [0.1, 0.15) is 41.0 Å². The number of esters is 1. The number of hydrogen-bond donors (Lipinski definition) is 1. The van der Waals surface area contributed by atoms with E-state index in [9.17, 15) is 4.79 Å². The van der Waals surface area contributed by atoms with E-state index in [1.54, 1.807) is 0 Å². The fourth-order valence-electron chi connectivity index (χ4n) is 2.63. The van der Waals surface area contributed by atoms with E-state index < -0.39 is 11.4 Å². The predicted molar refractivity (Wildman–Crippen MR) is 65.8 cm³/mol. The predicted octanol–water partition coefficient (Wildman–Crippen LogP) is 1.20. The third-order valence-electron chi connectivity index (χ3n) is 3.22. The Hall–Kier alpha value is -0.650. The summed E-state index contributed by atoms with van der Waals surface area (Å²) in [6.07, 6.45) is 0.0581. The first-order valence-electron chi connectivity index (χ1n) is 6.43. The van der Waals surface area contributed by atoms with Crippen LogP contribution >= 0.6 is 0 Å². The number of hydrogen-bond acceptors (Lipinski definition) is 5. The number of rotatable bonds is 1. The maximum absolute atomic E-state index is 12.1. The van der Waals surface area contributed by atoms with Crippen LogP contribution < -0.4 is 5.73 Å². The molecule has 1 saturated heterocycles. The number of carbonyl (C=O) groups excluding carboxylic acids is 1. The van der Waals surface area contributed by atoms with Gasteiger partial charge in [-0.2, -0.15) is 0 Å². The van der Waals surface area contributed by atoms with Crippen molar-refractivity contribution in [1.29, 1.82) is 0 Å². The zero-order chi connectivity index (χ0) is 13.7. The first-order valence-corrected chi connectivity index (χ1v) is 6.43. The molecular formula is C13H23NO4. The first-order chi connectivity index (χ1) is 8.09. The van der Waals surface area contributed by atoms with Gasteiger partial charge >= 0.3 is 5.97 Å². The molecule has 2 rings (SSSR count). The molecule has 1 heterocycles. The Morgan fingerprint density at radius 3 is 2.39 bits per heavy atom. The molecule has 5 heteroatoms. The Morgan fingerprint density at radius 2 is 1.83 bits per heavy atom. The average molecular weight is 257 g/mol. The van der Waals surface area contributed by atoms with Crippen LogP contribution in [0.3, 0.4) is 0 Å². The Labute approximate surface area is 108 Å². The Balaban J connectivity index is 2.09. The van der Waals surface area contributed by atoms with Gasteiger partial charge in [0.1, 0.15) is 17.8 Å². The van der Waals surface area contributed by atoms with Crippen molar-refractivity contribution in [2.45, 2.75) is 70.7 Å². The van der Waals surface area contributed by atoms with Gasteiger partial charge in [0.25, 0.3) is 0 Å². The van der Waals surface area contributed by atoms with E-state index in [1.807, 2.05) is 34.6 Å². The van der Waals surface area contributed by atoms with Crippen molar-refractivity contribution in [2.75, 3.05) is 0 Å². The van der Waals surface area contributed by atoms with Gasteiger partial charge in [-0.25, -0.2) is 0 Å². The molecule has 104 valence electrons. The molecule has 5 nitrogen and oxygen atoms in total. The van der Waals surface area contributed by atoms with Gasteiger partial charge in [0, 0.05) is 6.04 Å². The van der Waals surface area contributed by atoms with E-state index in [1.165, 1.54) is 0 Å². The summed E-state index contributed by atoms with van der Waals surface area (Å²) in [4.78, 5) is 12.1. The number of carbonyl (C=O) groups is 1. The second-order valence-corrected chi connectivity index (χ2v) is 6.60. The molecular weight excluding hydrogens is 234 g/mol. The minimum absolute atomic E-state index is 0.172. The van der Waals surface area contributed by atoms with Crippen molar-refractivity contribution in [1.82, 2.24) is 0 Å². The Morgan fingerprint density at radius 1 is 1.28 bits per heavy atom. The van der Waals surface area contributed by atoms with Gasteiger partial charge < -0.3 is 19.9 Å². The summed E-state index contributed by atoms with van der Waals surface area (Å²) in [6.45, 7) is 9.24. The quantitative estimate of drug-likeness (QED) is 0.715. The Bertz CT molecular complexity index is 347. The molecule has 0 aromatic rings. The van der Waals surface area contributed by atoms with Crippen molar-refractivity contribution in [3.63, 3.8) is 0 Å². The summed E-state index contributed by atoms with van der Waals surface area (Å²) in [5.41, 5.74) is 5.53. The maximum atomic E-state index is 12.1. The smallest absolute Gasteiger partial charge is 0.312 e. The monoisotopic (exact) mass is 257 g/mol. The van der Waals surface area contributed by atoms with Gasteiger partial charge in [0.2, 0.25) is 0 Å². The fourth-order valence-corrected chi connectivity index (χ4v) is 2.63. The number of nitrogens with two attached hydrogens (primary N) is 1. The summed E-state index contributed by atoms with van der Waals surface area (Å²) in [5.74, 6) is -1.24. The van der Waals surface area contributed by atoms with Crippen LogP contribution in [0.25, 0.3) is 0 Å². The summed E-state index contributed by atoms with van der Waals surface area (Å²) >= 11 is 0. The fraction of sp³-hybridized carbons (Fsp3) is 0.923. The van der Waals surface area contributed by atoms with E-state index in [2.05, 4.69) is 0 Å². The van der Waals surface area contributed by atoms with E-state index in [0.29, 0.717) is 6.42 Å². The minimum atomic E-state index is -0.673. The molecule has 0 aromatic carbocycles. The highest BCUT2D eigenvalue weighted by molar-refractivity contribution is 5.74. The number of fused-ring (bicyclic) bond motifs is 1. The Kier molecular flexibility index (Phi) is 3.20. The van der Waals surface area contributed by atoms with Crippen LogP contribution in [0, 0.1) is 5.92 Å². The normalized spacial score (nSPS) is 38.6. The molecule has 0 spiro atoms. The van der Waals surface area contributed by atoms with E-state index in [0.717, 1.165) is 0 Å². The van der Waals surface area contributed by atoms with Crippen LogP contribution in [0.2, 0.25) is 0 Å². The standard InChI is InChI=1S/C13H23NO4/c1-12(2,3)18-11(15)7-6-8(14)10-9(7)16-13(4,5)17-10/h7-10H,6,14H2,1-5H3/t7-,8+,9+,10-/m1/s1. The van der Waals surface area contributed by atoms with Crippen LogP contribution in [0.4, 0.5) is 0 Å². The lowest BCUT2D eigenvalue weighted by Gasteiger charge is -2.25. The van der Waals surface area contributed by atoms with Gasteiger partial charge in [-0.05, 0) is 41.0 Å². The molecule has 1 saturated carbocycles. The van der Waals surface area contributed by atoms with Crippen molar-refractivity contribution < 1.29 is 19.0 Å². The second-order valence-electron chi connectivity index (χ2n) is 6.60. The largest absolute Gasteiger partial charge is 0.460 e. The molecule has 0 unspecified atom stereocenters. The van der Waals surface area contributed by atoms with Crippen LogP contribution in [0.15, 0.2) is 0 Å². The first kappa shape index (κ1) is 13.8. The average Bonchev–Trinajstić information content (AvgIpc) is 2.59. The van der Waals surface area contributed by atoms with Gasteiger partial charge in [-0.15, -0.1) is 0 Å². The summed E-state index contributed by atoms with van der Waals surface area (Å²) in [7, 11) is 0. The lowest BCUT2D eigenvalue weighted by Crippen LogP contribution is -2.36. The lowest BCUT2D eigenvalue weighted by atomic mass is 10.1. The zero-order valence-electron chi connectivity index (χ0n) is 11.7. The highest BCUT2D eigenvalue weighted by Crippen LogP contribution is 2.41. The van der Waals surface area contributed by atoms with Crippen molar-refractivity contribution in [3.8, 4) is 0 Å². The molecule has 18 heavy (non-hydrogen) atoms. The van der Waals surface area contributed by atoms with E-state index in [4.69, 9.17) is 19.9 Å². The summed E-state index contributed by atoms with van der Waals surface area (Å²) < 4.78 is 16.9. The molecule has 0 amide bonds. The van der Waals surface area contributed by atoms with Crippen molar-refractivity contribution in [2.24, 2.45) is 11.7 Å². The lowest BCUT2D eigenvalue weighted by molar-refractivity contribution is -0.175. The van der Waals surface area contributed by atoms with Crippen LogP contribution in [-0.4, -0.2) is 35.6 Å². The molecule has 2 N–H and O–H groups in total. The van der Waals surface area contributed by atoms with Crippen LogP contribution in [-0.2, 0) is 19.0 Å². The van der Waals surface area contributed by atoms with E-state index >= 15 is 0 Å². The molecule has 1 aliphatic heterocycles. The van der Waals surface area contributed by atoms with Gasteiger partial charge in [0.15, 0.2) is 5.79 Å². The summed E-state index contributed by atoms with van der Waals surface area (Å²) in [6, 6.07) is -0.172. The van der Waals surface area contributed by atoms with Gasteiger partial charge in [-0.1, -0.05) is 0 Å². The molecule has 0 radical (unpaired) electrons. The third kappa shape index (κ3) is 2.68. The van der Waals surface area contributed by atoms with Crippen molar-refractivity contribution >= 4 is 5.97 Å². The minimum Gasteiger partial charge on any atom is -0.460 e. The number of ether oxygens (including phenoxy) is 3. The van der Waals surface area contributed by atoms with Crippen molar-refractivity contribution in [3.05, 3.63) is 0 Å². The third-order valence-corrected chi connectivity index (χ3v) is 3.22. The molecule has 1 aliphatic carbocycles. The zero-order valence-corrected chi connectivity index (χ0v) is 11.7. The molecule has 0 aromatic heterocycles. The highest BCUT2D eigenvalue weighted by atomic mass is 16.8. The maximum Gasteiger partial charge on any atom is 0.312 e. The van der Waals surface area contributed by atoms with Crippen LogP contribution in [0.5, 0.6) is 0 Å². The second kappa shape index (κ2) is 4.18. The topological polar surface area (TPSA) is 70.8 Å². The molecule has 4 atom stereocenters. The summed E-state index contributed by atoms with van der Waals surface area (Å²) in [5, 5.41) is 0. The SMILES string of the molecule is CC(C)(C)OC(=O)[C@@H]1C[C@H](N)[C@H]2OC(C)(C)O[C@H]21. The van der Waals surface area contributed by atoms with Gasteiger partial charge in [-0.3, -0.25) is 4.79 Å².